The van der Waals surface area contributed by atoms with E-state index in [1.807, 2.05) is 43.4 Å². The molecule has 2 rings (SSSR count). The Morgan fingerprint density at radius 3 is 2.33 bits per heavy atom. The molecule has 4 nitrogen and oxygen atoms in total. The van der Waals surface area contributed by atoms with Crippen LogP contribution < -0.4 is 14.4 Å². The van der Waals surface area contributed by atoms with E-state index in [1.54, 1.807) is 20.3 Å². The molecule has 1 unspecified atom stereocenters. The number of phenolic OH excluding ortho intramolecular Hbond substituents is 1. The Morgan fingerprint density at radius 2 is 1.67 bits per heavy atom. The Bertz CT molecular complexity index is 613. The average molecular weight is 287 g/mol. The van der Waals surface area contributed by atoms with Crippen molar-refractivity contribution in [1.29, 1.82) is 0 Å². The van der Waals surface area contributed by atoms with Crippen LogP contribution in [0.25, 0.3) is 0 Å². The highest BCUT2D eigenvalue weighted by Gasteiger charge is 2.17. The van der Waals surface area contributed by atoms with E-state index < -0.39 is 0 Å². The van der Waals surface area contributed by atoms with Crippen molar-refractivity contribution in [1.82, 2.24) is 0 Å². The molecule has 0 bridgehead atoms. The fraction of sp³-hybridized carbons (Fsp3) is 0.294. The van der Waals surface area contributed by atoms with Gasteiger partial charge in [0.15, 0.2) is 11.5 Å². The van der Waals surface area contributed by atoms with Gasteiger partial charge in [0, 0.05) is 7.05 Å². The van der Waals surface area contributed by atoms with E-state index >= 15 is 0 Å². The van der Waals surface area contributed by atoms with Crippen LogP contribution >= 0.6 is 0 Å². The van der Waals surface area contributed by atoms with Gasteiger partial charge in [0.1, 0.15) is 5.75 Å². The standard InChI is InChI=1S/C17H21NO3/c1-12(13-9-10-15(19)17(11-13)21-4)18(2)14-7-5-6-8-16(14)20-3/h5-12,19H,1-4H3. The van der Waals surface area contributed by atoms with Crippen LogP contribution in [0.4, 0.5) is 5.69 Å². The number of para-hydroxylation sites is 2. The van der Waals surface area contributed by atoms with Crippen molar-refractivity contribution in [3.8, 4) is 17.2 Å². The third-order valence-corrected chi connectivity index (χ3v) is 3.73. The maximum atomic E-state index is 9.70. The number of methoxy groups -OCH3 is 2. The van der Waals surface area contributed by atoms with E-state index in [0.717, 1.165) is 17.0 Å². The number of hydrogen-bond acceptors (Lipinski definition) is 4. The van der Waals surface area contributed by atoms with E-state index in [0.29, 0.717) is 5.75 Å². The zero-order chi connectivity index (χ0) is 15.4. The first-order chi connectivity index (χ1) is 10.1. The fourth-order valence-corrected chi connectivity index (χ4v) is 2.31. The van der Waals surface area contributed by atoms with E-state index in [4.69, 9.17) is 9.47 Å². The largest absolute Gasteiger partial charge is 0.504 e. The summed E-state index contributed by atoms with van der Waals surface area (Å²) in [6, 6.07) is 13.4. The molecule has 0 aliphatic heterocycles. The number of ether oxygens (including phenoxy) is 2. The molecule has 2 aromatic carbocycles. The molecule has 0 spiro atoms. The number of benzene rings is 2. The van der Waals surface area contributed by atoms with Gasteiger partial charge in [0.2, 0.25) is 0 Å². The SMILES string of the molecule is COc1cc(C(C)N(C)c2ccccc2OC)ccc1O. The third kappa shape index (κ3) is 3.05. The summed E-state index contributed by atoms with van der Waals surface area (Å²) in [5.41, 5.74) is 2.07. The third-order valence-electron chi connectivity index (χ3n) is 3.73. The summed E-state index contributed by atoms with van der Waals surface area (Å²) in [6.45, 7) is 2.10. The van der Waals surface area contributed by atoms with E-state index in [-0.39, 0.29) is 11.8 Å². The smallest absolute Gasteiger partial charge is 0.160 e. The Balaban J connectivity index is 2.32. The maximum absolute atomic E-state index is 9.70. The van der Waals surface area contributed by atoms with Gasteiger partial charge in [0.05, 0.1) is 25.9 Å². The monoisotopic (exact) mass is 287 g/mol. The maximum Gasteiger partial charge on any atom is 0.160 e. The Morgan fingerprint density at radius 1 is 1.00 bits per heavy atom. The number of nitrogens with zero attached hydrogens (tertiary/aromatic N) is 1. The van der Waals surface area contributed by atoms with Gasteiger partial charge in [-0.1, -0.05) is 18.2 Å². The van der Waals surface area contributed by atoms with Crippen molar-refractivity contribution in [2.45, 2.75) is 13.0 Å². The van der Waals surface area contributed by atoms with E-state index in [9.17, 15) is 5.11 Å². The summed E-state index contributed by atoms with van der Waals surface area (Å²) in [5, 5.41) is 9.70. The second-order valence-corrected chi connectivity index (χ2v) is 4.89. The normalized spacial score (nSPS) is 11.8. The van der Waals surface area contributed by atoms with Crippen molar-refractivity contribution in [3.05, 3.63) is 48.0 Å². The molecule has 0 aliphatic rings. The van der Waals surface area contributed by atoms with Crippen LogP contribution in [0.15, 0.2) is 42.5 Å². The van der Waals surface area contributed by atoms with Crippen molar-refractivity contribution in [2.75, 3.05) is 26.2 Å². The highest BCUT2D eigenvalue weighted by Crippen LogP contribution is 2.35. The predicted molar refractivity (Wildman–Crippen MR) is 84.5 cm³/mol. The van der Waals surface area contributed by atoms with Crippen LogP contribution in [0, 0.1) is 0 Å². The quantitative estimate of drug-likeness (QED) is 0.912. The summed E-state index contributed by atoms with van der Waals surface area (Å²) < 4.78 is 10.6. The highest BCUT2D eigenvalue weighted by molar-refractivity contribution is 5.59. The van der Waals surface area contributed by atoms with Gasteiger partial charge in [-0.3, -0.25) is 0 Å². The van der Waals surface area contributed by atoms with Crippen LogP contribution in [-0.2, 0) is 0 Å². The summed E-state index contributed by atoms with van der Waals surface area (Å²) in [6.07, 6.45) is 0. The molecular formula is C17H21NO3. The van der Waals surface area contributed by atoms with Crippen LogP contribution in [0.3, 0.4) is 0 Å². The Kier molecular flexibility index (Phi) is 4.58. The molecule has 21 heavy (non-hydrogen) atoms. The van der Waals surface area contributed by atoms with Crippen LogP contribution in [0.5, 0.6) is 17.2 Å². The molecule has 4 heteroatoms. The first-order valence-electron chi connectivity index (χ1n) is 6.81. The Hall–Kier alpha value is -2.36. The molecule has 0 radical (unpaired) electrons. The van der Waals surface area contributed by atoms with Gasteiger partial charge in [-0.25, -0.2) is 0 Å². The first-order valence-corrected chi connectivity index (χ1v) is 6.81. The number of aromatic hydroxyl groups is 1. The van der Waals surface area contributed by atoms with E-state index in [1.165, 1.54) is 0 Å². The number of anilines is 1. The van der Waals surface area contributed by atoms with Crippen molar-refractivity contribution >= 4 is 5.69 Å². The molecule has 1 N–H and O–H groups in total. The molecule has 0 saturated heterocycles. The molecule has 0 saturated carbocycles. The lowest BCUT2D eigenvalue weighted by atomic mass is 10.1. The van der Waals surface area contributed by atoms with Gasteiger partial charge < -0.3 is 19.5 Å². The van der Waals surface area contributed by atoms with Gasteiger partial charge in [-0.2, -0.15) is 0 Å². The lowest BCUT2D eigenvalue weighted by Crippen LogP contribution is -2.22. The summed E-state index contributed by atoms with van der Waals surface area (Å²) >= 11 is 0. The summed E-state index contributed by atoms with van der Waals surface area (Å²) in [4.78, 5) is 2.13. The molecule has 2 aromatic rings. The zero-order valence-corrected chi connectivity index (χ0v) is 12.8. The second-order valence-electron chi connectivity index (χ2n) is 4.89. The lowest BCUT2D eigenvalue weighted by molar-refractivity contribution is 0.372. The summed E-state index contributed by atoms with van der Waals surface area (Å²) in [5.74, 6) is 1.46. The topological polar surface area (TPSA) is 41.9 Å². The molecule has 0 aliphatic carbocycles. The van der Waals surface area contributed by atoms with E-state index in [2.05, 4.69) is 11.8 Å². The molecule has 0 heterocycles. The van der Waals surface area contributed by atoms with Crippen molar-refractivity contribution < 1.29 is 14.6 Å². The van der Waals surface area contributed by atoms with Crippen LogP contribution in [-0.4, -0.2) is 26.4 Å². The number of rotatable bonds is 5. The predicted octanol–water partition coefficient (Wildman–Crippen LogP) is 3.61. The average Bonchev–Trinajstić information content (AvgIpc) is 2.53. The van der Waals surface area contributed by atoms with Gasteiger partial charge in [0.25, 0.3) is 0 Å². The fourth-order valence-electron chi connectivity index (χ4n) is 2.31. The first kappa shape index (κ1) is 15.0. The molecule has 1 atom stereocenters. The number of phenols is 1. The minimum absolute atomic E-state index is 0.107. The molecule has 0 amide bonds. The van der Waals surface area contributed by atoms with Crippen molar-refractivity contribution in [2.24, 2.45) is 0 Å². The van der Waals surface area contributed by atoms with Gasteiger partial charge in [-0.15, -0.1) is 0 Å². The lowest BCUT2D eigenvalue weighted by Gasteiger charge is -2.29. The molecule has 0 aromatic heterocycles. The Labute approximate surface area is 125 Å². The minimum Gasteiger partial charge on any atom is -0.504 e. The summed E-state index contributed by atoms with van der Waals surface area (Å²) in [7, 11) is 5.23. The van der Waals surface area contributed by atoms with Gasteiger partial charge >= 0.3 is 0 Å². The van der Waals surface area contributed by atoms with Crippen molar-refractivity contribution in [3.63, 3.8) is 0 Å². The van der Waals surface area contributed by atoms with Crippen LogP contribution in [0.2, 0.25) is 0 Å². The minimum atomic E-state index is 0.107. The molecular weight excluding hydrogens is 266 g/mol. The second kappa shape index (κ2) is 6.39. The zero-order valence-electron chi connectivity index (χ0n) is 12.8. The highest BCUT2D eigenvalue weighted by atomic mass is 16.5. The molecule has 0 fully saturated rings. The van der Waals surface area contributed by atoms with Crippen LogP contribution in [0.1, 0.15) is 18.5 Å². The number of hydrogen-bond donors (Lipinski definition) is 1. The van der Waals surface area contributed by atoms with Gasteiger partial charge in [-0.05, 0) is 36.8 Å². The molecule has 112 valence electrons.